The molecular formula is C29H36NO. The van der Waals surface area contributed by atoms with Crippen LogP contribution in [0.1, 0.15) is 62.3 Å². The number of ether oxygens (including phenoxy) is 1. The van der Waals surface area contributed by atoms with Crippen molar-refractivity contribution >= 4 is 0 Å². The molecule has 0 aromatic heterocycles. The zero-order valence-electron chi connectivity index (χ0n) is 19.4. The van der Waals surface area contributed by atoms with Gasteiger partial charge in [0.2, 0.25) is 0 Å². The highest BCUT2D eigenvalue weighted by molar-refractivity contribution is 5.45. The van der Waals surface area contributed by atoms with Crippen LogP contribution in [0.15, 0.2) is 78.9 Å². The molecule has 1 radical (unpaired) electrons. The zero-order valence-corrected chi connectivity index (χ0v) is 19.4. The van der Waals surface area contributed by atoms with E-state index in [2.05, 4.69) is 106 Å². The molecule has 163 valence electrons. The quantitative estimate of drug-likeness (QED) is 0.351. The van der Waals surface area contributed by atoms with Crippen LogP contribution in [-0.4, -0.2) is 23.5 Å². The fourth-order valence-electron chi connectivity index (χ4n) is 4.31. The molecule has 0 aliphatic heterocycles. The molecule has 0 spiro atoms. The van der Waals surface area contributed by atoms with Crippen LogP contribution in [0.25, 0.3) is 0 Å². The third-order valence-corrected chi connectivity index (χ3v) is 5.89. The molecule has 3 aromatic rings. The SMILES string of the molecule is [CH2]c1ccc(OCc2ccccc2)c(C(CCN(C(C)C)C(C)C)c2ccccc2)c1. The van der Waals surface area contributed by atoms with Crippen LogP contribution in [0.2, 0.25) is 0 Å². The lowest BCUT2D eigenvalue weighted by atomic mass is 9.86. The minimum absolute atomic E-state index is 0.258. The van der Waals surface area contributed by atoms with Gasteiger partial charge in [0.25, 0.3) is 0 Å². The Morgan fingerprint density at radius 3 is 2.03 bits per heavy atom. The smallest absolute Gasteiger partial charge is 0.123 e. The van der Waals surface area contributed by atoms with E-state index in [0.717, 1.165) is 24.3 Å². The molecule has 0 fully saturated rings. The van der Waals surface area contributed by atoms with Gasteiger partial charge < -0.3 is 4.74 Å². The number of rotatable bonds is 10. The highest BCUT2D eigenvalue weighted by Crippen LogP contribution is 2.36. The molecular weight excluding hydrogens is 378 g/mol. The second-order valence-corrected chi connectivity index (χ2v) is 8.82. The molecule has 0 saturated carbocycles. The molecule has 2 nitrogen and oxygen atoms in total. The van der Waals surface area contributed by atoms with Gasteiger partial charge in [-0.1, -0.05) is 72.8 Å². The Labute approximate surface area is 188 Å². The van der Waals surface area contributed by atoms with Gasteiger partial charge in [-0.05, 0) is 70.3 Å². The van der Waals surface area contributed by atoms with Gasteiger partial charge in [-0.3, -0.25) is 4.90 Å². The largest absolute Gasteiger partial charge is 0.489 e. The Morgan fingerprint density at radius 1 is 0.806 bits per heavy atom. The van der Waals surface area contributed by atoms with E-state index in [0.29, 0.717) is 18.7 Å². The highest BCUT2D eigenvalue weighted by Gasteiger charge is 2.22. The average molecular weight is 415 g/mol. The number of hydrogen-bond acceptors (Lipinski definition) is 2. The first kappa shape index (κ1) is 23.1. The second kappa shape index (κ2) is 11.2. The van der Waals surface area contributed by atoms with Gasteiger partial charge in [-0.2, -0.15) is 0 Å². The Bertz CT molecular complexity index is 910. The maximum Gasteiger partial charge on any atom is 0.123 e. The molecule has 1 unspecified atom stereocenters. The molecule has 0 aliphatic carbocycles. The predicted octanol–water partition coefficient (Wildman–Crippen LogP) is 7.09. The van der Waals surface area contributed by atoms with Crippen molar-refractivity contribution in [1.82, 2.24) is 4.90 Å². The summed E-state index contributed by atoms with van der Waals surface area (Å²) in [7, 11) is 0. The molecule has 31 heavy (non-hydrogen) atoms. The first-order valence-corrected chi connectivity index (χ1v) is 11.4. The first-order chi connectivity index (χ1) is 15.0. The van der Waals surface area contributed by atoms with Gasteiger partial charge in [0.05, 0.1) is 0 Å². The lowest BCUT2D eigenvalue weighted by Crippen LogP contribution is -2.38. The third-order valence-electron chi connectivity index (χ3n) is 5.89. The summed E-state index contributed by atoms with van der Waals surface area (Å²) in [4.78, 5) is 2.56. The summed E-state index contributed by atoms with van der Waals surface area (Å²) in [5.41, 5.74) is 4.74. The Hall–Kier alpha value is -2.58. The monoisotopic (exact) mass is 414 g/mol. The summed E-state index contributed by atoms with van der Waals surface area (Å²) >= 11 is 0. The Balaban J connectivity index is 1.91. The third kappa shape index (κ3) is 6.45. The van der Waals surface area contributed by atoms with Gasteiger partial charge in [0.15, 0.2) is 0 Å². The van der Waals surface area contributed by atoms with Gasteiger partial charge in [-0.25, -0.2) is 0 Å². The number of benzene rings is 3. The van der Waals surface area contributed by atoms with E-state index >= 15 is 0 Å². The molecule has 0 N–H and O–H groups in total. The van der Waals surface area contributed by atoms with Crippen molar-refractivity contribution in [2.45, 2.75) is 58.7 Å². The first-order valence-electron chi connectivity index (χ1n) is 11.4. The zero-order chi connectivity index (χ0) is 22.2. The van der Waals surface area contributed by atoms with Crippen LogP contribution in [0, 0.1) is 6.92 Å². The van der Waals surface area contributed by atoms with Crippen molar-refractivity contribution in [2.75, 3.05) is 6.54 Å². The van der Waals surface area contributed by atoms with Gasteiger partial charge in [-0.15, -0.1) is 0 Å². The summed E-state index contributed by atoms with van der Waals surface area (Å²) < 4.78 is 6.34. The minimum atomic E-state index is 0.258. The van der Waals surface area contributed by atoms with E-state index in [1.54, 1.807) is 0 Å². The van der Waals surface area contributed by atoms with Crippen molar-refractivity contribution in [3.63, 3.8) is 0 Å². The van der Waals surface area contributed by atoms with Gasteiger partial charge in [0.1, 0.15) is 12.4 Å². The van der Waals surface area contributed by atoms with Crippen molar-refractivity contribution < 1.29 is 4.74 Å². The molecule has 0 aliphatic rings. The molecule has 0 saturated heterocycles. The molecule has 0 amide bonds. The van der Waals surface area contributed by atoms with Crippen LogP contribution in [0.3, 0.4) is 0 Å². The van der Waals surface area contributed by atoms with E-state index in [1.165, 1.54) is 16.7 Å². The fraction of sp³-hybridized carbons (Fsp3) is 0.345. The average Bonchev–Trinajstić information content (AvgIpc) is 2.76. The topological polar surface area (TPSA) is 12.5 Å². The lowest BCUT2D eigenvalue weighted by molar-refractivity contribution is 0.170. The van der Waals surface area contributed by atoms with Gasteiger partial charge >= 0.3 is 0 Å². The van der Waals surface area contributed by atoms with Crippen LogP contribution in [0.4, 0.5) is 0 Å². The molecule has 2 heteroatoms. The van der Waals surface area contributed by atoms with Crippen LogP contribution >= 0.6 is 0 Å². The summed E-state index contributed by atoms with van der Waals surface area (Å²) in [6.45, 7) is 14.9. The highest BCUT2D eigenvalue weighted by atomic mass is 16.5. The van der Waals surface area contributed by atoms with Crippen molar-refractivity contribution in [3.05, 3.63) is 108 Å². The summed E-state index contributed by atoms with van der Waals surface area (Å²) in [6, 6.07) is 28.5. The number of nitrogens with zero attached hydrogens (tertiary/aromatic N) is 1. The van der Waals surface area contributed by atoms with Crippen molar-refractivity contribution in [1.29, 1.82) is 0 Å². The van der Waals surface area contributed by atoms with E-state index in [4.69, 9.17) is 4.74 Å². The van der Waals surface area contributed by atoms with Gasteiger partial charge in [0, 0.05) is 23.6 Å². The standard InChI is InChI=1S/C29H36NO/c1-22(2)30(23(3)4)19-18-27(26-14-10-7-11-15-26)28-20-24(5)16-17-29(28)31-21-25-12-8-6-9-13-25/h6-17,20,22-23,27H,5,18-19,21H2,1-4H3. The lowest BCUT2D eigenvalue weighted by Gasteiger charge is -2.32. The Morgan fingerprint density at radius 2 is 1.42 bits per heavy atom. The predicted molar refractivity (Wildman–Crippen MR) is 132 cm³/mol. The second-order valence-electron chi connectivity index (χ2n) is 8.82. The molecule has 3 rings (SSSR count). The van der Waals surface area contributed by atoms with Crippen molar-refractivity contribution in [2.24, 2.45) is 0 Å². The maximum absolute atomic E-state index is 6.34. The number of hydrogen-bond donors (Lipinski definition) is 0. The normalized spacial score (nSPS) is 12.5. The minimum Gasteiger partial charge on any atom is -0.489 e. The van der Waals surface area contributed by atoms with E-state index in [1.807, 2.05) is 12.1 Å². The Kier molecular flexibility index (Phi) is 8.31. The summed E-state index contributed by atoms with van der Waals surface area (Å²) in [5.74, 6) is 1.21. The van der Waals surface area contributed by atoms with E-state index in [9.17, 15) is 0 Å². The maximum atomic E-state index is 6.34. The summed E-state index contributed by atoms with van der Waals surface area (Å²) in [5, 5.41) is 0. The van der Waals surface area contributed by atoms with Crippen LogP contribution < -0.4 is 4.74 Å². The van der Waals surface area contributed by atoms with E-state index < -0.39 is 0 Å². The fourth-order valence-corrected chi connectivity index (χ4v) is 4.31. The van der Waals surface area contributed by atoms with Crippen molar-refractivity contribution in [3.8, 4) is 5.75 Å². The molecule has 1 atom stereocenters. The van der Waals surface area contributed by atoms with Crippen LogP contribution in [0.5, 0.6) is 5.75 Å². The van der Waals surface area contributed by atoms with E-state index in [-0.39, 0.29) is 5.92 Å². The molecule has 3 aromatic carbocycles. The van der Waals surface area contributed by atoms with Crippen LogP contribution in [-0.2, 0) is 6.61 Å². The summed E-state index contributed by atoms with van der Waals surface area (Å²) in [6.07, 6.45) is 1.03. The molecule has 0 heterocycles. The molecule has 0 bridgehead atoms.